The lowest BCUT2D eigenvalue weighted by molar-refractivity contribution is 0.410. The van der Waals surface area contributed by atoms with Gasteiger partial charge in [0.25, 0.3) is 0 Å². The van der Waals surface area contributed by atoms with Crippen molar-refractivity contribution < 1.29 is 9.13 Å². The highest BCUT2D eigenvalue weighted by molar-refractivity contribution is 5.28. The monoisotopic (exact) mass is 265 g/mol. The molecule has 1 N–H and O–H groups in total. The molecule has 0 amide bonds. The van der Waals surface area contributed by atoms with Crippen LogP contribution in [0, 0.1) is 11.7 Å². The number of hydrogen-bond acceptors (Lipinski definition) is 2. The third-order valence-corrected chi connectivity index (χ3v) is 4.02. The molecule has 1 saturated carbocycles. The summed E-state index contributed by atoms with van der Waals surface area (Å²) in [5.41, 5.74) is 0.710. The van der Waals surface area contributed by atoms with Crippen molar-refractivity contribution in [3.63, 3.8) is 0 Å². The van der Waals surface area contributed by atoms with Crippen LogP contribution in [-0.4, -0.2) is 13.7 Å². The van der Waals surface area contributed by atoms with Gasteiger partial charge >= 0.3 is 0 Å². The molecule has 1 aromatic rings. The zero-order valence-electron chi connectivity index (χ0n) is 11.8. The van der Waals surface area contributed by atoms with Crippen molar-refractivity contribution >= 4 is 0 Å². The van der Waals surface area contributed by atoms with Gasteiger partial charge in [-0.1, -0.05) is 31.7 Å². The first-order valence-electron chi connectivity index (χ1n) is 7.32. The summed E-state index contributed by atoms with van der Waals surface area (Å²) in [6.45, 7) is 1.57. The lowest BCUT2D eigenvalue weighted by atomic mass is 10.0. The largest absolute Gasteiger partial charge is 0.497 e. The van der Waals surface area contributed by atoms with Crippen LogP contribution in [0.1, 0.15) is 44.1 Å². The van der Waals surface area contributed by atoms with Crippen molar-refractivity contribution in [3.05, 3.63) is 29.6 Å². The van der Waals surface area contributed by atoms with E-state index in [4.69, 9.17) is 4.74 Å². The molecule has 1 aliphatic rings. The van der Waals surface area contributed by atoms with E-state index >= 15 is 0 Å². The fraction of sp³-hybridized carbons (Fsp3) is 0.625. The summed E-state index contributed by atoms with van der Waals surface area (Å²) >= 11 is 0. The van der Waals surface area contributed by atoms with Gasteiger partial charge in [-0.05, 0) is 31.4 Å². The molecule has 0 bridgehead atoms. The molecular weight excluding hydrogens is 241 g/mol. The Morgan fingerprint density at radius 1 is 1.32 bits per heavy atom. The van der Waals surface area contributed by atoms with Crippen LogP contribution >= 0.6 is 0 Å². The summed E-state index contributed by atoms with van der Waals surface area (Å²) in [7, 11) is 1.55. The highest BCUT2D eigenvalue weighted by Crippen LogP contribution is 2.28. The topological polar surface area (TPSA) is 21.3 Å². The van der Waals surface area contributed by atoms with E-state index in [9.17, 15) is 4.39 Å². The molecule has 0 unspecified atom stereocenters. The Hall–Kier alpha value is -1.09. The molecule has 0 heterocycles. The molecule has 1 aliphatic carbocycles. The van der Waals surface area contributed by atoms with Crippen molar-refractivity contribution in [2.45, 2.75) is 45.1 Å². The number of ether oxygens (including phenoxy) is 1. The van der Waals surface area contributed by atoms with Crippen molar-refractivity contribution in [3.8, 4) is 5.75 Å². The Kier molecular flexibility index (Phi) is 5.64. The Morgan fingerprint density at radius 3 is 2.79 bits per heavy atom. The predicted octanol–water partition coefficient (Wildman–Crippen LogP) is 3.89. The van der Waals surface area contributed by atoms with E-state index in [0.717, 1.165) is 12.5 Å². The summed E-state index contributed by atoms with van der Waals surface area (Å²) in [5, 5.41) is 3.32. The Labute approximate surface area is 115 Å². The van der Waals surface area contributed by atoms with Crippen LogP contribution in [0.3, 0.4) is 0 Å². The quantitative estimate of drug-likeness (QED) is 0.755. The number of methoxy groups -OCH3 is 1. The van der Waals surface area contributed by atoms with Crippen molar-refractivity contribution in [1.29, 1.82) is 0 Å². The van der Waals surface area contributed by atoms with Gasteiger partial charge in [0.05, 0.1) is 7.11 Å². The lowest BCUT2D eigenvalue weighted by Gasteiger charge is -2.10. The maximum Gasteiger partial charge on any atom is 0.131 e. The molecule has 0 spiro atoms. The molecule has 1 aromatic carbocycles. The molecule has 2 rings (SSSR count). The van der Waals surface area contributed by atoms with Gasteiger partial charge in [-0.2, -0.15) is 0 Å². The molecule has 3 heteroatoms. The summed E-state index contributed by atoms with van der Waals surface area (Å²) in [6, 6.07) is 5.03. The van der Waals surface area contributed by atoms with E-state index < -0.39 is 0 Å². The van der Waals surface area contributed by atoms with Gasteiger partial charge in [0, 0.05) is 18.2 Å². The zero-order chi connectivity index (χ0) is 13.5. The summed E-state index contributed by atoms with van der Waals surface area (Å²) in [6.07, 6.45) is 8.16. The van der Waals surface area contributed by atoms with Gasteiger partial charge < -0.3 is 10.1 Å². The van der Waals surface area contributed by atoms with Crippen LogP contribution in [0.5, 0.6) is 5.75 Å². The summed E-state index contributed by atoms with van der Waals surface area (Å²) < 4.78 is 18.7. The molecule has 2 nitrogen and oxygen atoms in total. The summed E-state index contributed by atoms with van der Waals surface area (Å²) in [4.78, 5) is 0. The minimum absolute atomic E-state index is 0.192. The van der Waals surface area contributed by atoms with Crippen LogP contribution in [0.2, 0.25) is 0 Å². The molecule has 0 aliphatic heterocycles. The fourth-order valence-electron chi connectivity index (χ4n) is 2.84. The van der Waals surface area contributed by atoms with E-state index in [0.29, 0.717) is 17.9 Å². The highest BCUT2D eigenvalue weighted by Gasteiger charge is 2.13. The SMILES string of the molecule is COc1ccc(CNCCCC2CCCC2)c(F)c1. The molecular formula is C16H24FNO. The maximum absolute atomic E-state index is 13.7. The molecule has 0 saturated heterocycles. The van der Waals surface area contributed by atoms with Gasteiger partial charge in [0.15, 0.2) is 0 Å². The van der Waals surface area contributed by atoms with Crippen LogP contribution in [0.4, 0.5) is 4.39 Å². The normalized spacial score (nSPS) is 15.9. The predicted molar refractivity (Wildman–Crippen MR) is 75.9 cm³/mol. The van der Waals surface area contributed by atoms with E-state index in [1.165, 1.54) is 44.6 Å². The van der Waals surface area contributed by atoms with Crippen LogP contribution in [-0.2, 0) is 6.54 Å². The van der Waals surface area contributed by atoms with E-state index in [2.05, 4.69) is 5.32 Å². The van der Waals surface area contributed by atoms with Gasteiger partial charge in [0.2, 0.25) is 0 Å². The molecule has 106 valence electrons. The average molecular weight is 265 g/mol. The summed E-state index contributed by atoms with van der Waals surface area (Å²) in [5.74, 6) is 1.32. The second-order valence-electron chi connectivity index (χ2n) is 5.43. The number of hydrogen-bond donors (Lipinski definition) is 1. The lowest BCUT2D eigenvalue weighted by Crippen LogP contribution is -2.16. The number of nitrogens with one attached hydrogen (secondary N) is 1. The van der Waals surface area contributed by atoms with Crippen molar-refractivity contribution in [2.24, 2.45) is 5.92 Å². The van der Waals surface area contributed by atoms with E-state index in [1.807, 2.05) is 0 Å². The first-order valence-corrected chi connectivity index (χ1v) is 7.32. The number of halogens is 1. The third kappa shape index (κ3) is 4.50. The van der Waals surface area contributed by atoms with Crippen molar-refractivity contribution in [2.75, 3.05) is 13.7 Å². The van der Waals surface area contributed by atoms with Crippen LogP contribution < -0.4 is 10.1 Å². The second-order valence-corrected chi connectivity index (χ2v) is 5.43. The first kappa shape index (κ1) is 14.3. The molecule has 0 radical (unpaired) electrons. The van der Waals surface area contributed by atoms with Crippen LogP contribution in [0.15, 0.2) is 18.2 Å². The van der Waals surface area contributed by atoms with Gasteiger partial charge in [-0.25, -0.2) is 4.39 Å². The minimum atomic E-state index is -0.192. The van der Waals surface area contributed by atoms with E-state index in [-0.39, 0.29) is 5.82 Å². The van der Waals surface area contributed by atoms with Gasteiger partial charge in [0.1, 0.15) is 11.6 Å². The number of rotatable bonds is 7. The highest BCUT2D eigenvalue weighted by atomic mass is 19.1. The van der Waals surface area contributed by atoms with Crippen molar-refractivity contribution in [1.82, 2.24) is 5.32 Å². The smallest absolute Gasteiger partial charge is 0.131 e. The van der Waals surface area contributed by atoms with E-state index in [1.54, 1.807) is 19.2 Å². The van der Waals surface area contributed by atoms with Gasteiger partial charge in [-0.15, -0.1) is 0 Å². The molecule has 0 atom stereocenters. The Bertz CT molecular complexity index is 388. The minimum Gasteiger partial charge on any atom is -0.497 e. The maximum atomic E-state index is 13.7. The Balaban J connectivity index is 1.64. The fourth-order valence-corrected chi connectivity index (χ4v) is 2.84. The molecule has 19 heavy (non-hydrogen) atoms. The van der Waals surface area contributed by atoms with Crippen LogP contribution in [0.25, 0.3) is 0 Å². The average Bonchev–Trinajstić information content (AvgIpc) is 2.93. The molecule has 0 aromatic heterocycles. The second kappa shape index (κ2) is 7.49. The first-order chi connectivity index (χ1) is 9.29. The third-order valence-electron chi connectivity index (χ3n) is 4.02. The number of benzene rings is 1. The standard InChI is InChI=1S/C16H24FNO/c1-19-15-9-8-14(16(17)11-15)12-18-10-4-7-13-5-2-3-6-13/h8-9,11,13,18H,2-7,10,12H2,1H3. The molecule has 1 fully saturated rings. The van der Waals surface area contributed by atoms with Gasteiger partial charge in [-0.3, -0.25) is 0 Å². The zero-order valence-corrected chi connectivity index (χ0v) is 11.8. The Morgan fingerprint density at radius 2 is 2.11 bits per heavy atom.